The van der Waals surface area contributed by atoms with E-state index in [0.717, 1.165) is 35.2 Å². The first-order valence-electron chi connectivity index (χ1n) is 10.7. The van der Waals surface area contributed by atoms with Gasteiger partial charge in [0.1, 0.15) is 13.2 Å². The topological polar surface area (TPSA) is 76.1 Å². The molecule has 7 nitrogen and oxygen atoms in total. The SMILES string of the molecule is Cc1[nH]c2ccccc2c1C(=O)C[NH+]1CCN(C(=O)[C@H]2COc3ccccc3O2)CC1. The normalized spacial score (nSPS) is 18.9. The Hall–Kier alpha value is -3.32. The lowest BCUT2D eigenvalue weighted by molar-refractivity contribution is -0.895. The molecule has 0 bridgehead atoms. The third kappa shape index (κ3) is 3.77. The van der Waals surface area contributed by atoms with E-state index in [1.54, 1.807) is 0 Å². The van der Waals surface area contributed by atoms with Crippen LogP contribution in [-0.4, -0.2) is 67.0 Å². The molecule has 160 valence electrons. The Bertz CT molecular complexity index is 1130. The van der Waals surface area contributed by atoms with Crippen molar-refractivity contribution in [2.75, 3.05) is 39.3 Å². The molecule has 0 spiro atoms. The molecule has 7 heteroatoms. The average Bonchev–Trinajstić information content (AvgIpc) is 3.14. The molecule has 2 aliphatic heterocycles. The van der Waals surface area contributed by atoms with E-state index in [1.807, 2.05) is 60.4 Å². The van der Waals surface area contributed by atoms with Crippen molar-refractivity contribution in [1.82, 2.24) is 9.88 Å². The number of amides is 1. The third-order valence-corrected chi connectivity index (χ3v) is 6.15. The van der Waals surface area contributed by atoms with E-state index in [9.17, 15) is 9.59 Å². The molecule has 1 aromatic heterocycles. The standard InChI is InChI=1S/C24H25N3O4/c1-16-23(17-6-2-3-7-18(17)25-16)19(28)14-26-10-12-27(13-11-26)24(29)22-15-30-20-8-4-5-9-21(20)31-22/h2-9,22,25H,10-15H2,1H3/p+1/t22-/m1/s1. The van der Waals surface area contributed by atoms with Crippen molar-refractivity contribution in [3.05, 3.63) is 59.8 Å². The molecule has 2 N–H and O–H groups in total. The summed E-state index contributed by atoms with van der Waals surface area (Å²) < 4.78 is 11.5. The van der Waals surface area contributed by atoms with Gasteiger partial charge in [0, 0.05) is 16.6 Å². The summed E-state index contributed by atoms with van der Waals surface area (Å²) in [6, 6.07) is 15.3. The zero-order valence-corrected chi connectivity index (χ0v) is 17.5. The maximum Gasteiger partial charge on any atom is 0.267 e. The quantitative estimate of drug-likeness (QED) is 0.623. The van der Waals surface area contributed by atoms with Gasteiger partial charge in [-0.3, -0.25) is 9.59 Å². The number of carbonyl (C=O) groups is 2. The number of ether oxygens (including phenoxy) is 2. The monoisotopic (exact) mass is 420 g/mol. The van der Waals surface area contributed by atoms with Gasteiger partial charge in [-0.15, -0.1) is 0 Å². The van der Waals surface area contributed by atoms with Crippen LogP contribution in [0.3, 0.4) is 0 Å². The van der Waals surface area contributed by atoms with Gasteiger partial charge in [0.15, 0.2) is 11.5 Å². The summed E-state index contributed by atoms with van der Waals surface area (Å²) in [5, 5.41) is 0.980. The van der Waals surface area contributed by atoms with Crippen molar-refractivity contribution < 1.29 is 24.0 Å². The minimum absolute atomic E-state index is 0.0487. The summed E-state index contributed by atoms with van der Waals surface area (Å²) in [6.07, 6.45) is -0.619. The molecule has 1 atom stereocenters. The van der Waals surface area contributed by atoms with E-state index < -0.39 is 6.10 Å². The summed E-state index contributed by atoms with van der Waals surface area (Å²) in [4.78, 5) is 32.3. The number of para-hydroxylation sites is 3. The molecule has 0 saturated carbocycles. The summed E-state index contributed by atoms with van der Waals surface area (Å²) in [7, 11) is 0. The zero-order chi connectivity index (χ0) is 21.4. The Kier molecular flexibility index (Phi) is 5.11. The van der Waals surface area contributed by atoms with Crippen LogP contribution in [0.25, 0.3) is 10.9 Å². The van der Waals surface area contributed by atoms with Crippen LogP contribution in [0, 0.1) is 6.92 Å². The molecule has 2 aliphatic rings. The fourth-order valence-electron chi connectivity index (χ4n) is 4.52. The number of nitrogens with zero attached hydrogens (tertiary/aromatic N) is 1. The number of nitrogens with one attached hydrogen (secondary N) is 2. The molecule has 0 unspecified atom stereocenters. The van der Waals surface area contributed by atoms with Crippen molar-refractivity contribution in [2.45, 2.75) is 13.0 Å². The highest BCUT2D eigenvalue weighted by atomic mass is 16.6. The van der Waals surface area contributed by atoms with Crippen molar-refractivity contribution >= 4 is 22.6 Å². The number of rotatable bonds is 4. The first-order valence-corrected chi connectivity index (χ1v) is 10.7. The minimum Gasteiger partial charge on any atom is -0.485 e. The Balaban J connectivity index is 1.18. The predicted octanol–water partition coefficient (Wildman–Crippen LogP) is 1.23. The number of hydrogen-bond acceptors (Lipinski definition) is 4. The lowest BCUT2D eigenvalue weighted by atomic mass is 10.1. The molecular weight excluding hydrogens is 394 g/mol. The number of Topliss-reactive ketones (excluding diaryl/α,β-unsaturated/α-hetero) is 1. The molecule has 1 fully saturated rings. The molecule has 0 aliphatic carbocycles. The van der Waals surface area contributed by atoms with Crippen LogP contribution in [0.5, 0.6) is 11.5 Å². The Morgan fingerprint density at radius 2 is 1.77 bits per heavy atom. The predicted molar refractivity (Wildman–Crippen MR) is 116 cm³/mol. The maximum absolute atomic E-state index is 13.0. The number of carbonyl (C=O) groups excluding carboxylic acids is 2. The van der Waals surface area contributed by atoms with Gasteiger partial charge < -0.3 is 24.3 Å². The zero-order valence-electron chi connectivity index (χ0n) is 17.5. The van der Waals surface area contributed by atoms with Crippen LogP contribution < -0.4 is 14.4 Å². The maximum atomic E-state index is 13.0. The lowest BCUT2D eigenvalue weighted by Gasteiger charge is -2.35. The number of H-pyrrole nitrogens is 1. The summed E-state index contributed by atoms with van der Waals surface area (Å²) in [5.41, 5.74) is 2.69. The van der Waals surface area contributed by atoms with E-state index in [0.29, 0.717) is 31.1 Å². The highest BCUT2D eigenvalue weighted by molar-refractivity contribution is 6.09. The number of aromatic nitrogens is 1. The van der Waals surface area contributed by atoms with Crippen LogP contribution in [0.4, 0.5) is 0 Å². The van der Waals surface area contributed by atoms with Crippen LogP contribution in [-0.2, 0) is 4.79 Å². The van der Waals surface area contributed by atoms with E-state index in [-0.39, 0.29) is 18.3 Å². The number of quaternary nitrogens is 1. The number of benzene rings is 2. The van der Waals surface area contributed by atoms with Crippen molar-refractivity contribution in [1.29, 1.82) is 0 Å². The number of aromatic amines is 1. The van der Waals surface area contributed by atoms with Crippen molar-refractivity contribution in [2.24, 2.45) is 0 Å². The second kappa shape index (κ2) is 8.07. The molecule has 31 heavy (non-hydrogen) atoms. The second-order valence-electron chi connectivity index (χ2n) is 8.21. The molecular formula is C24H26N3O4+. The van der Waals surface area contributed by atoms with Gasteiger partial charge >= 0.3 is 0 Å². The highest BCUT2D eigenvalue weighted by Gasteiger charge is 2.34. The summed E-state index contributed by atoms with van der Waals surface area (Å²) in [5.74, 6) is 1.38. The summed E-state index contributed by atoms with van der Waals surface area (Å²) >= 11 is 0. The van der Waals surface area contributed by atoms with Gasteiger partial charge in [0.05, 0.1) is 31.7 Å². The van der Waals surface area contributed by atoms with Gasteiger partial charge in [-0.2, -0.15) is 0 Å². The van der Waals surface area contributed by atoms with Gasteiger partial charge in [-0.05, 0) is 25.1 Å². The first-order chi connectivity index (χ1) is 15.1. The fourth-order valence-corrected chi connectivity index (χ4v) is 4.52. The molecule has 1 saturated heterocycles. The van der Waals surface area contributed by atoms with E-state index in [1.165, 1.54) is 4.90 Å². The molecule has 2 aromatic carbocycles. The lowest BCUT2D eigenvalue weighted by Crippen LogP contribution is -3.15. The van der Waals surface area contributed by atoms with Crippen LogP contribution in [0.1, 0.15) is 16.1 Å². The first kappa shape index (κ1) is 19.6. The molecule has 3 aromatic rings. The van der Waals surface area contributed by atoms with Crippen molar-refractivity contribution in [3.8, 4) is 11.5 Å². The van der Waals surface area contributed by atoms with Crippen molar-refractivity contribution in [3.63, 3.8) is 0 Å². The minimum atomic E-state index is -0.619. The molecule has 1 amide bonds. The number of fused-ring (bicyclic) bond motifs is 2. The van der Waals surface area contributed by atoms with Crippen LogP contribution >= 0.6 is 0 Å². The fraction of sp³-hybridized carbons (Fsp3) is 0.333. The number of aryl methyl sites for hydroxylation is 1. The number of piperazine rings is 1. The number of hydrogen-bond donors (Lipinski definition) is 2. The molecule has 0 radical (unpaired) electrons. The third-order valence-electron chi connectivity index (χ3n) is 6.15. The second-order valence-corrected chi connectivity index (χ2v) is 8.21. The van der Waals surface area contributed by atoms with Gasteiger partial charge in [-0.25, -0.2) is 0 Å². The summed E-state index contributed by atoms with van der Waals surface area (Å²) in [6.45, 7) is 5.30. The van der Waals surface area contributed by atoms with E-state index in [2.05, 4.69) is 4.98 Å². The van der Waals surface area contributed by atoms with Crippen LogP contribution in [0.15, 0.2) is 48.5 Å². The largest absolute Gasteiger partial charge is 0.485 e. The Morgan fingerprint density at radius 3 is 2.58 bits per heavy atom. The highest BCUT2D eigenvalue weighted by Crippen LogP contribution is 2.31. The molecule has 3 heterocycles. The number of ketones is 1. The smallest absolute Gasteiger partial charge is 0.267 e. The Labute approximate surface area is 180 Å². The van der Waals surface area contributed by atoms with Gasteiger partial charge in [0.2, 0.25) is 11.9 Å². The van der Waals surface area contributed by atoms with Crippen LogP contribution in [0.2, 0.25) is 0 Å². The van der Waals surface area contributed by atoms with E-state index >= 15 is 0 Å². The Morgan fingerprint density at radius 1 is 1.06 bits per heavy atom. The van der Waals surface area contributed by atoms with Gasteiger partial charge in [-0.1, -0.05) is 30.3 Å². The van der Waals surface area contributed by atoms with Gasteiger partial charge in [0.25, 0.3) is 5.91 Å². The molecule has 5 rings (SSSR count). The van der Waals surface area contributed by atoms with E-state index in [4.69, 9.17) is 9.47 Å². The average molecular weight is 420 g/mol.